The highest BCUT2D eigenvalue weighted by molar-refractivity contribution is 7.91. The highest BCUT2D eigenvalue weighted by Crippen LogP contribution is 2.65. The molecule has 0 aromatic rings. The molecule has 3 unspecified atom stereocenters. The fourth-order valence-corrected chi connectivity index (χ4v) is 11.2. The fourth-order valence-electron chi connectivity index (χ4n) is 9.73. The quantitative estimate of drug-likeness (QED) is 0.150. The van der Waals surface area contributed by atoms with Gasteiger partial charge < -0.3 is 4.74 Å². The predicted octanol–water partition coefficient (Wildman–Crippen LogP) is 6.68. The molecule has 210 valence electrons. The molecule has 0 saturated heterocycles. The van der Waals surface area contributed by atoms with Crippen molar-refractivity contribution in [2.45, 2.75) is 129 Å². The molecule has 6 heteroatoms. The second kappa shape index (κ2) is 10.2. The van der Waals surface area contributed by atoms with Crippen molar-refractivity contribution >= 4 is 21.6 Å². The molecule has 6 bridgehead atoms. The number of carbonyl (C=O) groups excluding carboxylic acids is 2. The molecule has 0 amide bonds. The maximum absolute atomic E-state index is 14.1. The number of esters is 1. The van der Waals surface area contributed by atoms with Crippen molar-refractivity contribution in [2.75, 3.05) is 11.5 Å². The van der Waals surface area contributed by atoms with Crippen LogP contribution in [0.25, 0.3) is 0 Å². The first-order valence-corrected chi connectivity index (χ1v) is 17.3. The van der Waals surface area contributed by atoms with Gasteiger partial charge in [-0.15, -0.1) is 0 Å². The molecule has 37 heavy (non-hydrogen) atoms. The summed E-state index contributed by atoms with van der Waals surface area (Å²) in [4.78, 5) is 27.8. The fraction of sp³-hybridized carbons (Fsp3) is 0.935. The van der Waals surface area contributed by atoms with Crippen LogP contribution in [-0.2, 0) is 24.2 Å². The van der Waals surface area contributed by atoms with Crippen LogP contribution in [0.5, 0.6) is 0 Å². The van der Waals surface area contributed by atoms with Gasteiger partial charge in [-0.1, -0.05) is 39.0 Å². The van der Waals surface area contributed by atoms with E-state index in [9.17, 15) is 18.0 Å². The largest absolute Gasteiger partial charge is 0.458 e. The van der Waals surface area contributed by atoms with E-state index in [-0.39, 0.29) is 41.0 Å². The maximum atomic E-state index is 14.1. The Morgan fingerprint density at radius 2 is 1.49 bits per heavy atom. The van der Waals surface area contributed by atoms with Gasteiger partial charge in [0.15, 0.2) is 5.78 Å². The molecule has 5 nitrogen and oxygen atoms in total. The van der Waals surface area contributed by atoms with Gasteiger partial charge in [-0.05, 0) is 108 Å². The van der Waals surface area contributed by atoms with E-state index in [0.29, 0.717) is 6.42 Å². The van der Waals surface area contributed by atoms with Crippen LogP contribution in [0.1, 0.15) is 124 Å². The Morgan fingerprint density at radius 1 is 0.892 bits per heavy atom. The van der Waals surface area contributed by atoms with E-state index in [4.69, 9.17) is 4.74 Å². The first-order valence-electron chi connectivity index (χ1n) is 15.5. The highest BCUT2D eigenvalue weighted by atomic mass is 32.2. The summed E-state index contributed by atoms with van der Waals surface area (Å²) in [6.45, 7) is 6.34. The molecule has 3 atom stereocenters. The van der Waals surface area contributed by atoms with E-state index in [1.165, 1.54) is 32.1 Å². The van der Waals surface area contributed by atoms with Crippen molar-refractivity contribution in [1.82, 2.24) is 0 Å². The van der Waals surface area contributed by atoms with Crippen LogP contribution in [-0.4, -0.2) is 37.3 Å². The lowest BCUT2D eigenvalue weighted by molar-refractivity contribution is -0.209. The summed E-state index contributed by atoms with van der Waals surface area (Å²) in [7, 11) is -3.31. The summed E-state index contributed by atoms with van der Waals surface area (Å²) in [6.07, 6.45) is 16.0. The van der Waals surface area contributed by atoms with Crippen molar-refractivity contribution in [1.29, 1.82) is 0 Å². The molecular weight excluding hydrogens is 484 g/mol. The number of ketones is 1. The molecule has 6 fully saturated rings. The molecule has 0 spiro atoms. The molecule has 6 aliphatic rings. The van der Waals surface area contributed by atoms with Crippen LogP contribution in [0.4, 0.5) is 0 Å². The summed E-state index contributed by atoms with van der Waals surface area (Å²) in [5.41, 5.74) is -1.88. The zero-order valence-corrected chi connectivity index (χ0v) is 24.4. The molecule has 6 rings (SSSR count). The Bertz CT molecular complexity index is 946. The van der Waals surface area contributed by atoms with E-state index >= 15 is 0 Å². The van der Waals surface area contributed by atoms with Gasteiger partial charge in [-0.2, -0.15) is 0 Å². The van der Waals surface area contributed by atoms with Crippen LogP contribution in [0.3, 0.4) is 0 Å². The number of hydrogen-bond donors (Lipinski definition) is 0. The Labute approximate surface area is 225 Å². The summed E-state index contributed by atoms with van der Waals surface area (Å²) < 4.78 is 32.5. The van der Waals surface area contributed by atoms with E-state index in [0.717, 1.165) is 75.5 Å². The number of hydrogen-bond acceptors (Lipinski definition) is 5. The maximum Gasteiger partial charge on any atom is 0.320 e. The number of carbonyl (C=O) groups is 2. The number of Topliss-reactive ketones (excluding diaryl/α,β-unsaturated/α-hetero) is 1. The number of ether oxygens (including phenoxy) is 1. The summed E-state index contributed by atoms with van der Waals surface area (Å²) in [5.74, 6) is 1.73. The van der Waals surface area contributed by atoms with Gasteiger partial charge in [0.05, 0.1) is 11.5 Å². The minimum Gasteiger partial charge on any atom is -0.458 e. The molecule has 6 saturated carbocycles. The van der Waals surface area contributed by atoms with E-state index in [1.807, 2.05) is 0 Å². The molecule has 0 N–H and O–H groups in total. The van der Waals surface area contributed by atoms with Crippen LogP contribution in [0.15, 0.2) is 0 Å². The monoisotopic (exact) mass is 534 g/mol. The second-order valence-electron chi connectivity index (χ2n) is 14.3. The zero-order chi connectivity index (χ0) is 26.5. The van der Waals surface area contributed by atoms with Crippen molar-refractivity contribution in [2.24, 2.45) is 40.4 Å². The molecule has 0 heterocycles. The lowest BCUT2D eigenvalue weighted by Gasteiger charge is -2.61. The van der Waals surface area contributed by atoms with Crippen LogP contribution >= 0.6 is 0 Å². The Kier molecular flexibility index (Phi) is 7.66. The molecule has 0 aromatic carbocycles. The van der Waals surface area contributed by atoms with Gasteiger partial charge >= 0.3 is 5.97 Å². The van der Waals surface area contributed by atoms with Gasteiger partial charge in [0.1, 0.15) is 20.9 Å². The Morgan fingerprint density at radius 3 is 2.05 bits per heavy atom. The van der Waals surface area contributed by atoms with Gasteiger partial charge in [0.2, 0.25) is 0 Å². The van der Waals surface area contributed by atoms with E-state index in [2.05, 4.69) is 20.8 Å². The number of unbranched alkanes of at least 4 members (excludes halogenated alkanes) is 5. The van der Waals surface area contributed by atoms with Crippen LogP contribution in [0, 0.1) is 40.4 Å². The Balaban J connectivity index is 1.28. The number of fused-ring (bicyclic) bond motifs is 2. The first-order chi connectivity index (χ1) is 17.5. The van der Waals surface area contributed by atoms with E-state index < -0.39 is 26.8 Å². The smallest absolute Gasteiger partial charge is 0.320 e. The van der Waals surface area contributed by atoms with Gasteiger partial charge in [0.25, 0.3) is 0 Å². The lowest BCUT2D eigenvalue weighted by Crippen LogP contribution is -2.59. The third kappa shape index (κ3) is 5.07. The minimum atomic E-state index is -3.31. The summed E-state index contributed by atoms with van der Waals surface area (Å²) in [6, 6.07) is 0. The standard InChI is InChI=1S/C31H50O5S/c1-4-5-6-7-8-9-13-37(34,35)14-12-31(26-11-10-25(18-26)27(31)32)28(33)36-29(2,3)30-19-22-15-23(20-30)17-24(16-22)21-30/h22-26H,4-21H2,1-3H3. The van der Waals surface area contributed by atoms with Crippen molar-refractivity contribution < 1.29 is 22.7 Å². The zero-order valence-electron chi connectivity index (χ0n) is 23.6. The van der Waals surface area contributed by atoms with Crippen molar-refractivity contribution in [3.8, 4) is 0 Å². The highest BCUT2D eigenvalue weighted by Gasteiger charge is 2.65. The Hall–Kier alpha value is -0.910. The lowest BCUT2D eigenvalue weighted by atomic mass is 9.46. The van der Waals surface area contributed by atoms with Crippen LogP contribution in [0.2, 0.25) is 0 Å². The summed E-state index contributed by atoms with van der Waals surface area (Å²) in [5, 5.41) is 0. The average Bonchev–Trinajstić information content (AvgIpc) is 3.40. The van der Waals surface area contributed by atoms with E-state index in [1.54, 1.807) is 0 Å². The number of sulfone groups is 1. The normalized spacial score (nSPS) is 38.5. The predicted molar refractivity (Wildman–Crippen MR) is 146 cm³/mol. The van der Waals surface area contributed by atoms with Crippen molar-refractivity contribution in [3.05, 3.63) is 0 Å². The minimum absolute atomic E-state index is 0.00309. The molecular formula is C31H50O5S. The third-order valence-electron chi connectivity index (χ3n) is 11.6. The molecule has 0 aromatic heterocycles. The summed E-state index contributed by atoms with van der Waals surface area (Å²) >= 11 is 0. The van der Waals surface area contributed by atoms with Gasteiger partial charge in [-0.25, -0.2) is 8.42 Å². The van der Waals surface area contributed by atoms with Gasteiger partial charge in [0, 0.05) is 11.3 Å². The molecule has 0 radical (unpaired) electrons. The van der Waals surface area contributed by atoms with Crippen LogP contribution < -0.4 is 0 Å². The van der Waals surface area contributed by atoms with Gasteiger partial charge in [-0.3, -0.25) is 9.59 Å². The molecule has 6 aliphatic carbocycles. The average molecular weight is 535 g/mol. The first kappa shape index (κ1) is 27.6. The molecule has 0 aliphatic heterocycles. The topological polar surface area (TPSA) is 77.5 Å². The second-order valence-corrected chi connectivity index (χ2v) is 16.6. The van der Waals surface area contributed by atoms with Crippen molar-refractivity contribution in [3.63, 3.8) is 0 Å². The third-order valence-corrected chi connectivity index (χ3v) is 13.3. The SMILES string of the molecule is CCCCCCCCS(=O)(=O)CCC1(C(=O)OC(C)(C)C23CC4CC(CC(C4)C2)C3)C(=O)C2CCC1C2. The number of rotatable bonds is 13.